The van der Waals surface area contributed by atoms with Gasteiger partial charge in [-0.3, -0.25) is 4.79 Å². The van der Waals surface area contributed by atoms with E-state index in [2.05, 4.69) is 36.3 Å². The third-order valence-electron chi connectivity index (χ3n) is 4.29. The van der Waals surface area contributed by atoms with Crippen LogP contribution in [0.3, 0.4) is 0 Å². The molecule has 9 nitrogen and oxygen atoms in total. The Morgan fingerprint density at radius 1 is 1.11 bits per heavy atom. The van der Waals surface area contributed by atoms with E-state index in [4.69, 9.17) is 4.52 Å². The van der Waals surface area contributed by atoms with Crippen molar-refractivity contribution in [3.05, 3.63) is 53.5 Å². The molecule has 9 heteroatoms. The van der Waals surface area contributed by atoms with Crippen molar-refractivity contribution in [2.75, 3.05) is 23.7 Å². The predicted octanol–water partition coefficient (Wildman–Crippen LogP) is 2.63. The van der Waals surface area contributed by atoms with E-state index in [0.29, 0.717) is 42.2 Å². The van der Waals surface area contributed by atoms with Gasteiger partial charge < -0.3 is 20.5 Å². The van der Waals surface area contributed by atoms with Crippen molar-refractivity contribution in [1.29, 1.82) is 0 Å². The van der Waals surface area contributed by atoms with Gasteiger partial charge in [0.25, 0.3) is 5.91 Å². The molecule has 1 amide bonds. The molecule has 28 heavy (non-hydrogen) atoms. The van der Waals surface area contributed by atoms with Gasteiger partial charge in [-0.05, 0) is 43.5 Å². The van der Waals surface area contributed by atoms with Crippen molar-refractivity contribution in [3.8, 4) is 0 Å². The summed E-state index contributed by atoms with van der Waals surface area (Å²) < 4.78 is 5.19. The highest BCUT2D eigenvalue weighted by atomic mass is 16.5. The molecule has 1 aliphatic rings. The van der Waals surface area contributed by atoms with Crippen LogP contribution in [0.1, 0.15) is 40.6 Å². The highest BCUT2D eigenvalue weighted by molar-refractivity contribution is 5.92. The molecule has 3 heterocycles. The molecule has 1 aliphatic carbocycles. The molecule has 0 radical (unpaired) electrons. The molecule has 4 rings (SSSR count). The van der Waals surface area contributed by atoms with Crippen molar-refractivity contribution in [3.63, 3.8) is 0 Å². The van der Waals surface area contributed by atoms with Crippen LogP contribution in [0.5, 0.6) is 0 Å². The summed E-state index contributed by atoms with van der Waals surface area (Å²) in [4.78, 5) is 16.3. The van der Waals surface area contributed by atoms with E-state index in [1.165, 1.54) is 0 Å². The zero-order chi connectivity index (χ0) is 19.3. The van der Waals surface area contributed by atoms with Crippen LogP contribution >= 0.6 is 0 Å². The van der Waals surface area contributed by atoms with Gasteiger partial charge in [0.15, 0.2) is 11.5 Å². The Morgan fingerprint density at radius 3 is 2.61 bits per heavy atom. The minimum Gasteiger partial charge on any atom is -0.367 e. The summed E-state index contributed by atoms with van der Waals surface area (Å²) in [6.45, 7) is 2.93. The van der Waals surface area contributed by atoms with Crippen LogP contribution in [0.15, 0.2) is 41.1 Å². The lowest BCUT2D eigenvalue weighted by Gasteiger charge is -2.07. The number of amides is 1. The van der Waals surface area contributed by atoms with Gasteiger partial charge in [-0.1, -0.05) is 11.2 Å². The fraction of sp³-hybridized carbons (Fsp3) is 0.316. The summed E-state index contributed by atoms with van der Waals surface area (Å²) in [6.07, 6.45) is 4.00. The first-order valence-corrected chi connectivity index (χ1v) is 9.19. The predicted molar refractivity (Wildman–Crippen MR) is 104 cm³/mol. The largest absolute Gasteiger partial charge is 0.367 e. The minimum absolute atomic E-state index is 0.242. The van der Waals surface area contributed by atoms with E-state index < -0.39 is 0 Å². The smallest absolute Gasteiger partial charge is 0.273 e. The van der Waals surface area contributed by atoms with Crippen LogP contribution in [0.2, 0.25) is 0 Å². The third kappa shape index (κ3) is 4.61. The first-order valence-electron chi connectivity index (χ1n) is 9.19. The van der Waals surface area contributed by atoms with E-state index in [0.717, 1.165) is 24.2 Å². The second-order valence-corrected chi connectivity index (χ2v) is 6.72. The highest BCUT2D eigenvalue weighted by Gasteiger charge is 2.28. The number of anilines is 3. The lowest BCUT2D eigenvalue weighted by atomic mass is 10.3. The van der Waals surface area contributed by atoms with Crippen LogP contribution in [-0.4, -0.2) is 39.3 Å². The molecule has 144 valence electrons. The molecule has 0 aromatic carbocycles. The molecule has 3 N–H and O–H groups in total. The topological polar surface area (TPSA) is 118 Å². The number of rotatable bonds is 8. The Morgan fingerprint density at radius 2 is 1.89 bits per heavy atom. The first kappa shape index (κ1) is 17.9. The number of aromatic nitrogens is 4. The second kappa shape index (κ2) is 8.03. The van der Waals surface area contributed by atoms with Crippen molar-refractivity contribution in [1.82, 2.24) is 25.7 Å². The van der Waals surface area contributed by atoms with Crippen LogP contribution in [-0.2, 0) is 0 Å². The summed E-state index contributed by atoms with van der Waals surface area (Å²) in [6, 6.07) is 9.20. The average molecular weight is 379 g/mol. The maximum Gasteiger partial charge on any atom is 0.273 e. The molecule has 0 bridgehead atoms. The number of pyridine rings is 1. The summed E-state index contributed by atoms with van der Waals surface area (Å²) in [5.41, 5.74) is 1.41. The van der Waals surface area contributed by atoms with Crippen LogP contribution in [0, 0.1) is 6.92 Å². The fourth-order valence-electron chi connectivity index (χ4n) is 2.58. The Kier molecular flexibility index (Phi) is 5.14. The summed E-state index contributed by atoms with van der Waals surface area (Å²) >= 11 is 0. The van der Waals surface area contributed by atoms with E-state index in [9.17, 15) is 4.79 Å². The summed E-state index contributed by atoms with van der Waals surface area (Å²) in [5.74, 6) is 2.93. The van der Waals surface area contributed by atoms with Crippen molar-refractivity contribution >= 4 is 23.4 Å². The molecule has 0 saturated heterocycles. The maximum absolute atomic E-state index is 12.0. The second-order valence-electron chi connectivity index (χ2n) is 6.72. The van der Waals surface area contributed by atoms with Gasteiger partial charge in [0.05, 0.1) is 0 Å². The van der Waals surface area contributed by atoms with Gasteiger partial charge >= 0.3 is 0 Å². The highest BCUT2D eigenvalue weighted by Crippen LogP contribution is 2.40. The Bertz CT molecular complexity index is 934. The zero-order valence-electron chi connectivity index (χ0n) is 15.5. The molecular weight excluding hydrogens is 358 g/mol. The fourth-order valence-corrected chi connectivity index (χ4v) is 2.58. The van der Waals surface area contributed by atoms with E-state index >= 15 is 0 Å². The number of hydrogen-bond acceptors (Lipinski definition) is 8. The monoisotopic (exact) mass is 379 g/mol. The Balaban J connectivity index is 1.20. The number of nitrogens with zero attached hydrogens (tertiary/aromatic N) is 4. The van der Waals surface area contributed by atoms with Crippen LogP contribution in [0.4, 0.5) is 17.5 Å². The number of carbonyl (C=O) groups is 1. The molecule has 0 atom stereocenters. The van der Waals surface area contributed by atoms with E-state index in [-0.39, 0.29) is 5.91 Å². The number of carbonyl (C=O) groups excluding carboxylic acids is 1. The van der Waals surface area contributed by atoms with Gasteiger partial charge in [-0.25, -0.2) is 4.98 Å². The first-order chi connectivity index (χ1) is 13.7. The third-order valence-corrected chi connectivity index (χ3v) is 4.29. The number of aryl methyl sites for hydroxylation is 1. The standard InChI is InChI=1S/C19H21N7O2/c1-12-2-5-16(22-11-12)23-18-7-6-17(24-25-18)20-8-9-21-19(27)14-10-15(28-26-14)13-3-4-13/h2,5-7,10-11,13H,3-4,8-9H2,1H3,(H,20,24)(H,21,27)(H,22,23,25). The molecule has 0 spiro atoms. The normalized spacial score (nSPS) is 13.2. The van der Waals surface area contributed by atoms with Gasteiger partial charge in [-0.2, -0.15) is 0 Å². The van der Waals surface area contributed by atoms with E-state index in [1.54, 1.807) is 12.3 Å². The molecule has 3 aromatic heterocycles. The number of hydrogen-bond donors (Lipinski definition) is 3. The molecule has 1 saturated carbocycles. The Hall–Kier alpha value is -3.49. The van der Waals surface area contributed by atoms with Crippen molar-refractivity contribution in [2.45, 2.75) is 25.7 Å². The lowest BCUT2D eigenvalue weighted by molar-refractivity contribution is 0.0946. The molecule has 0 unspecified atom stereocenters. The maximum atomic E-state index is 12.0. The van der Waals surface area contributed by atoms with Crippen molar-refractivity contribution < 1.29 is 9.32 Å². The average Bonchev–Trinajstić information content (AvgIpc) is 3.44. The van der Waals surface area contributed by atoms with Gasteiger partial charge in [0, 0.05) is 31.3 Å². The van der Waals surface area contributed by atoms with Gasteiger partial charge in [0.2, 0.25) is 0 Å². The summed E-state index contributed by atoms with van der Waals surface area (Å²) in [7, 11) is 0. The summed E-state index contributed by atoms with van der Waals surface area (Å²) in [5, 5.41) is 21.0. The lowest BCUT2D eigenvalue weighted by Crippen LogP contribution is -2.29. The molecule has 1 fully saturated rings. The van der Waals surface area contributed by atoms with Gasteiger partial charge in [-0.15, -0.1) is 10.2 Å². The van der Waals surface area contributed by atoms with Crippen LogP contribution < -0.4 is 16.0 Å². The van der Waals surface area contributed by atoms with Crippen LogP contribution in [0.25, 0.3) is 0 Å². The Labute approximate surface area is 161 Å². The number of nitrogens with one attached hydrogen (secondary N) is 3. The minimum atomic E-state index is -0.242. The van der Waals surface area contributed by atoms with E-state index in [1.807, 2.05) is 31.2 Å². The van der Waals surface area contributed by atoms with Crippen molar-refractivity contribution in [2.24, 2.45) is 0 Å². The quantitative estimate of drug-likeness (QED) is 0.511. The van der Waals surface area contributed by atoms with Gasteiger partial charge in [0.1, 0.15) is 17.4 Å². The zero-order valence-corrected chi connectivity index (χ0v) is 15.5. The molecular formula is C19H21N7O2. The molecule has 3 aromatic rings. The molecule has 0 aliphatic heterocycles. The SMILES string of the molecule is Cc1ccc(Nc2ccc(NCCNC(=O)c3cc(C4CC4)on3)nn2)nc1.